The highest BCUT2D eigenvalue weighted by Crippen LogP contribution is 2.27. The molecule has 2 N–H and O–H groups in total. The Hall–Kier alpha value is -0.820. The van der Waals surface area contributed by atoms with Crippen LogP contribution < -0.4 is 5.32 Å². The molecule has 1 heterocycles. The van der Waals surface area contributed by atoms with Crippen LogP contribution in [0.3, 0.4) is 0 Å². The summed E-state index contributed by atoms with van der Waals surface area (Å²) in [5.74, 6) is -0.818. The molecule has 7 heteroatoms. The predicted octanol–water partition coefficient (Wildman–Crippen LogP) is 2.56. The van der Waals surface area contributed by atoms with Gasteiger partial charge in [-0.25, -0.2) is 0 Å². The molecular formula is C10H17N3O2S2. The van der Waals surface area contributed by atoms with E-state index in [4.69, 9.17) is 5.11 Å². The standard InChI is InChI=1S/C10H17N3O2S2/c1-4-10(2,3)6-11-8-12-13-9(17-8)16-5-7(14)15/h4-6H2,1-3H3,(H,11,12)(H,14,15). The average molecular weight is 275 g/mol. The molecule has 0 spiro atoms. The second-order valence-corrected chi connectivity index (χ2v) is 6.63. The lowest BCUT2D eigenvalue weighted by molar-refractivity contribution is -0.133. The van der Waals surface area contributed by atoms with Gasteiger partial charge in [0.2, 0.25) is 5.13 Å². The van der Waals surface area contributed by atoms with Crippen LogP contribution in [-0.4, -0.2) is 33.6 Å². The maximum Gasteiger partial charge on any atom is 0.313 e. The van der Waals surface area contributed by atoms with Crippen LogP contribution >= 0.6 is 23.1 Å². The van der Waals surface area contributed by atoms with Crippen LogP contribution in [0.25, 0.3) is 0 Å². The number of aliphatic carboxylic acids is 1. The van der Waals surface area contributed by atoms with Crippen molar-refractivity contribution in [3.8, 4) is 0 Å². The number of carboxylic acids is 1. The summed E-state index contributed by atoms with van der Waals surface area (Å²) >= 11 is 2.59. The summed E-state index contributed by atoms with van der Waals surface area (Å²) in [6.45, 7) is 7.35. The van der Waals surface area contributed by atoms with Gasteiger partial charge in [0.1, 0.15) is 0 Å². The smallest absolute Gasteiger partial charge is 0.313 e. The highest BCUT2D eigenvalue weighted by Gasteiger charge is 2.15. The Morgan fingerprint density at radius 3 is 2.82 bits per heavy atom. The van der Waals surface area contributed by atoms with E-state index in [1.54, 1.807) is 0 Å². The zero-order valence-electron chi connectivity index (χ0n) is 10.2. The molecule has 0 aromatic carbocycles. The van der Waals surface area contributed by atoms with Gasteiger partial charge in [0.25, 0.3) is 0 Å². The molecular weight excluding hydrogens is 258 g/mol. The van der Waals surface area contributed by atoms with E-state index >= 15 is 0 Å². The maximum absolute atomic E-state index is 10.4. The third-order valence-electron chi connectivity index (χ3n) is 2.40. The zero-order chi connectivity index (χ0) is 12.9. The van der Waals surface area contributed by atoms with E-state index in [9.17, 15) is 4.79 Å². The number of aromatic nitrogens is 2. The molecule has 1 aromatic heterocycles. The van der Waals surface area contributed by atoms with Crippen molar-refractivity contribution in [1.29, 1.82) is 0 Å². The number of anilines is 1. The van der Waals surface area contributed by atoms with Crippen LogP contribution in [0, 0.1) is 5.41 Å². The van der Waals surface area contributed by atoms with Crippen molar-refractivity contribution in [2.75, 3.05) is 17.6 Å². The summed E-state index contributed by atoms with van der Waals surface area (Å²) < 4.78 is 0.684. The monoisotopic (exact) mass is 275 g/mol. The molecule has 0 saturated carbocycles. The molecule has 0 amide bonds. The molecule has 0 fully saturated rings. The van der Waals surface area contributed by atoms with Gasteiger partial charge in [0, 0.05) is 6.54 Å². The summed E-state index contributed by atoms with van der Waals surface area (Å²) in [7, 11) is 0. The number of hydrogen-bond acceptors (Lipinski definition) is 6. The summed E-state index contributed by atoms with van der Waals surface area (Å²) in [6.07, 6.45) is 1.08. The Balaban J connectivity index is 2.43. The number of carboxylic acid groups (broad SMARTS) is 1. The molecule has 0 bridgehead atoms. The maximum atomic E-state index is 10.4. The van der Waals surface area contributed by atoms with Gasteiger partial charge in [-0.15, -0.1) is 10.2 Å². The fraction of sp³-hybridized carbons (Fsp3) is 0.700. The van der Waals surface area contributed by atoms with E-state index in [1.165, 1.54) is 23.1 Å². The van der Waals surface area contributed by atoms with Gasteiger partial charge < -0.3 is 10.4 Å². The van der Waals surface area contributed by atoms with E-state index in [2.05, 4.69) is 36.3 Å². The molecule has 17 heavy (non-hydrogen) atoms. The van der Waals surface area contributed by atoms with Crippen LogP contribution in [0.1, 0.15) is 27.2 Å². The predicted molar refractivity (Wildman–Crippen MR) is 70.8 cm³/mol. The third-order valence-corrected chi connectivity index (χ3v) is 4.40. The Morgan fingerprint density at radius 2 is 2.24 bits per heavy atom. The zero-order valence-corrected chi connectivity index (χ0v) is 11.8. The normalized spacial score (nSPS) is 11.5. The highest BCUT2D eigenvalue weighted by molar-refractivity contribution is 8.01. The van der Waals surface area contributed by atoms with Gasteiger partial charge in [-0.2, -0.15) is 0 Å². The molecule has 0 aliphatic heterocycles. The second kappa shape index (κ2) is 6.20. The lowest BCUT2D eigenvalue weighted by Crippen LogP contribution is -2.21. The molecule has 0 aliphatic carbocycles. The van der Waals surface area contributed by atoms with Gasteiger partial charge in [-0.05, 0) is 11.8 Å². The van der Waals surface area contributed by atoms with Crippen molar-refractivity contribution < 1.29 is 9.90 Å². The quantitative estimate of drug-likeness (QED) is 0.745. The third kappa shape index (κ3) is 5.36. The molecule has 0 saturated heterocycles. The number of hydrogen-bond donors (Lipinski definition) is 2. The van der Waals surface area contributed by atoms with Gasteiger partial charge in [-0.1, -0.05) is 43.9 Å². The minimum Gasteiger partial charge on any atom is -0.481 e. The van der Waals surface area contributed by atoms with E-state index in [0.717, 1.165) is 18.1 Å². The Labute approximate surface area is 109 Å². The van der Waals surface area contributed by atoms with Gasteiger partial charge >= 0.3 is 5.97 Å². The first-order valence-electron chi connectivity index (χ1n) is 5.35. The first-order chi connectivity index (χ1) is 7.93. The molecule has 0 aliphatic rings. The number of nitrogens with one attached hydrogen (secondary N) is 1. The van der Waals surface area contributed by atoms with E-state index in [1.807, 2.05) is 0 Å². The first-order valence-corrected chi connectivity index (χ1v) is 7.15. The summed E-state index contributed by atoms with van der Waals surface area (Å²) in [5.41, 5.74) is 0.222. The average Bonchev–Trinajstić information content (AvgIpc) is 2.72. The van der Waals surface area contributed by atoms with Crippen LogP contribution in [-0.2, 0) is 4.79 Å². The Bertz CT molecular complexity index is 379. The molecule has 1 aromatic rings. The summed E-state index contributed by atoms with van der Waals surface area (Å²) in [5, 5.41) is 20.4. The molecule has 0 atom stereocenters. The van der Waals surface area contributed by atoms with Crippen LogP contribution in [0.4, 0.5) is 5.13 Å². The van der Waals surface area contributed by atoms with Crippen molar-refractivity contribution in [1.82, 2.24) is 10.2 Å². The fourth-order valence-electron chi connectivity index (χ4n) is 0.903. The van der Waals surface area contributed by atoms with Crippen LogP contribution in [0.5, 0.6) is 0 Å². The van der Waals surface area contributed by atoms with Gasteiger partial charge in [0.15, 0.2) is 4.34 Å². The van der Waals surface area contributed by atoms with E-state index in [-0.39, 0.29) is 11.2 Å². The van der Waals surface area contributed by atoms with E-state index < -0.39 is 5.97 Å². The van der Waals surface area contributed by atoms with Crippen molar-refractivity contribution >= 4 is 34.2 Å². The number of nitrogens with zero attached hydrogens (tertiary/aromatic N) is 2. The minimum atomic E-state index is -0.841. The number of thioether (sulfide) groups is 1. The largest absolute Gasteiger partial charge is 0.481 e. The molecule has 1 rings (SSSR count). The Kier molecular flexibility index (Phi) is 5.20. The van der Waals surface area contributed by atoms with Crippen molar-refractivity contribution in [2.24, 2.45) is 5.41 Å². The minimum absolute atomic E-state index is 0.0229. The highest BCUT2D eigenvalue weighted by atomic mass is 32.2. The van der Waals surface area contributed by atoms with Crippen LogP contribution in [0.15, 0.2) is 4.34 Å². The fourth-order valence-corrected chi connectivity index (χ4v) is 2.37. The lowest BCUT2D eigenvalue weighted by Gasteiger charge is -2.22. The lowest BCUT2D eigenvalue weighted by atomic mass is 9.90. The topological polar surface area (TPSA) is 75.1 Å². The summed E-state index contributed by atoms with van der Waals surface area (Å²) in [6, 6.07) is 0. The molecule has 5 nitrogen and oxygen atoms in total. The number of carbonyl (C=O) groups is 1. The Morgan fingerprint density at radius 1 is 1.53 bits per heavy atom. The van der Waals surface area contributed by atoms with Gasteiger partial charge in [0.05, 0.1) is 5.75 Å². The summed E-state index contributed by atoms with van der Waals surface area (Å²) in [4.78, 5) is 10.4. The van der Waals surface area contributed by atoms with Gasteiger partial charge in [-0.3, -0.25) is 4.79 Å². The van der Waals surface area contributed by atoms with Crippen LogP contribution in [0.2, 0.25) is 0 Å². The van der Waals surface area contributed by atoms with Crippen molar-refractivity contribution in [3.05, 3.63) is 0 Å². The molecule has 0 unspecified atom stereocenters. The first kappa shape index (κ1) is 14.2. The van der Waals surface area contributed by atoms with Crippen molar-refractivity contribution in [2.45, 2.75) is 31.5 Å². The SMILES string of the molecule is CCC(C)(C)CNc1nnc(SCC(=O)O)s1. The second-order valence-electron chi connectivity index (χ2n) is 4.43. The molecule has 0 radical (unpaired) electrons. The molecule has 96 valence electrons. The van der Waals surface area contributed by atoms with E-state index in [0.29, 0.717) is 4.34 Å². The number of rotatable bonds is 7. The van der Waals surface area contributed by atoms with Crippen molar-refractivity contribution in [3.63, 3.8) is 0 Å².